The number of amides is 1. The Balaban J connectivity index is 1.94. The normalized spacial score (nSPS) is 18.5. The highest BCUT2D eigenvalue weighted by molar-refractivity contribution is 5.93. The van der Waals surface area contributed by atoms with Crippen molar-refractivity contribution in [3.63, 3.8) is 0 Å². The molecule has 7 heteroatoms. The molecule has 7 nitrogen and oxygen atoms in total. The average Bonchev–Trinajstić information content (AvgIpc) is 3.04. The van der Waals surface area contributed by atoms with Crippen LogP contribution in [0.1, 0.15) is 58.7 Å². The van der Waals surface area contributed by atoms with E-state index in [0.29, 0.717) is 17.9 Å². The Kier molecular flexibility index (Phi) is 3.87. The van der Waals surface area contributed by atoms with Crippen molar-refractivity contribution in [2.24, 2.45) is 0 Å². The van der Waals surface area contributed by atoms with Gasteiger partial charge in [-0.2, -0.15) is 5.10 Å². The Morgan fingerprint density at radius 2 is 1.95 bits per heavy atom. The summed E-state index contributed by atoms with van der Waals surface area (Å²) in [5, 5.41) is 6.79. The van der Waals surface area contributed by atoms with Gasteiger partial charge in [0.1, 0.15) is 17.8 Å². The minimum atomic E-state index is -0.0748. The second-order valence-electron chi connectivity index (χ2n) is 5.71. The van der Waals surface area contributed by atoms with Gasteiger partial charge in [0, 0.05) is 6.54 Å². The first-order chi connectivity index (χ1) is 10.6. The Labute approximate surface area is 129 Å². The average molecular weight is 300 g/mol. The van der Waals surface area contributed by atoms with Crippen LogP contribution in [0.4, 0.5) is 0 Å². The van der Waals surface area contributed by atoms with Gasteiger partial charge >= 0.3 is 0 Å². The van der Waals surface area contributed by atoms with Crippen molar-refractivity contribution in [1.82, 2.24) is 30.0 Å². The summed E-state index contributed by atoms with van der Waals surface area (Å²) in [5.41, 5.74) is 2.77. The summed E-state index contributed by atoms with van der Waals surface area (Å²) >= 11 is 0. The lowest BCUT2D eigenvalue weighted by Crippen LogP contribution is -2.40. The molecule has 2 aromatic heterocycles. The fourth-order valence-electron chi connectivity index (χ4n) is 2.89. The van der Waals surface area contributed by atoms with Crippen molar-refractivity contribution < 1.29 is 4.79 Å². The molecule has 1 atom stereocenters. The number of carbonyl (C=O) groups excluding carboxylic acids is 1. The number of rotatable bonds is 2. The van der Waals surface area contributed by atoms with Crippen molar-refractivity contribution in [3.05, 3.63) is 34.9 Å². The third kappa shape index (κ3) is 2.58. The van der Waals surface area contributed by atoms with Crippen LogP contribution < -0.4 is 0 Å². The van der Waals surface area contributed by atoms with E-state index in [1.807, 2.05) is 25.7 Å². The third-order valence-electron chi connectivity index (χ3n) is 4.20. The molecule has 0 saturated carbocycles. The number of H-pyrrole nitrogens is 1. The number of nitrogens with zero attached hydrogens (tertiary/aromatic N) is 5. The Bertz CT molecular complexity index is 682. The van der Waals surface area contributed by atoms with Gasteiger partial charge < -0.3 is 4.90 Å². The topological polar surface area (TPSA) is 87.7 Å². The smallest absolute Gasteiger partial charge is 0.274 e. The Morgan fingerprint density at radius 1 is 1.18 bits per heavy atom. The predicted octanol–water partition coefficient (Wildman–Crippen LogP) is 1.89. The molecule has 2 aromatic rings. The fourth-order valence-corrected chi connectivity index (χ4v) is 2.89. The molecule has 22 heavy (non-hydrogen) atoms. The van der Waals surface area contributed by atoms with Gasteiger partial charge in [0.2, 0.25) is 0 Å². The number of likely N-dealkylation sites (tertiary alicyclic amines) is 1. The first kappa shape index (κ1) is 14.6. The molecule has 0 bridgehead atoms. The number of aromatic amines is 1. The third-order valence-corrected chi connectivity index (χ3v) is 4.20. The minimum absolute atomic E-state index is 0.0634. The highest BCUT2D eigenvalue weighted by Gasteiger charge is 2.32. The van der Waals surface area contributed by atoms with E-state index < -0.39 is 0 Å². The molecule has 1 amide bonds. The zero-order chi connectivity index (χ0) is 15.7. The number of hydrogen-bond acceptors (Lipinski definition) is 5. The lowest BCUT2D eigenvalue weighted by molar-refractivity contribution is 0.0592. The maximum atomic E-state index is 13.0. The highest BCUT2D eigenvalue weighted by atomic mass is 16.2. The van der Waals surface area contributed by atoms with E-state index in [4.69, 9.17) is 0 Å². The van der Waals surface area contributed by atoms with E-state index >= 15 is 0 Å². The van der Waals surface area contributed by atoms with Gasteiger partial charge in [-0.25, -0.2) is 9.97 Å². The molecule has 0 radical (unpaired) electrons. The van der Waals surface area contributed by atoms with Crippen LogP contribution in [0.3, 0.4) is 0 Å². The summed E-state index contributed by atoms with van der Waals surface area (Å²) in [5.74, 6) is 0.664. The molecular weight excluding hydrogens is 280 g/mol. The quantitative estimate of drug-likeness (QED) is 0.915. The summed E-state index contributed by atoms with van der Waals surface area (Å²) in [6, 6.07) is -0.0634. The van der Waals surface area contributed by atoms with E-state index in [1.54, 1.807) is 0 Å². The molecule has 1 saturated heterocycles. The first-order valence-electron chi connectivity index (χ1n) is 7.56. The van der Waals surface area contributed by atoms with Gasteiger partial charge in [0.15, 0.2) is 0 Å². The van der Waals surface area contributed by atoms with Crippen LogP contribution in [-0.2, 0) is 0 Å². The Hall–Kier alpha value is -2.31. The van der Waals surface area contributed by atoms with E-state index in [9.17, 15) is 4.79 Å². The van der Waals surface area contributed by atoms with E-state index in [-0.39, 0.29) is 11.9 Å². The molecule has 116 valence electrons. The second-order valence-corrected chi connectivity index (χ2v) is 5.71. The molecule has 3 rings (SSSR count). The standard InChI is InChI=1S/C15H20N6O/c1-9-10(2)19-13(11(3)18-9)15(22)21-7-5-4-6-12(21)14-16-8-17-20-14/h8,12H,4-7H2,1-3H3,(H,16,17,20)/t12-/m1/s1. The molecule has 1 fully saturated rings. The number of piperidine rings is 1. The lowest BCUT2D eigenvalue weighted by atomic mass is 10.0. The molecule has 1 aliphatic rings. The van der Waals surface area contributed by atoms with E-state index in [2.05, 4.69) is 25.1 Å². The van der Waals surface area contributed by atoms with Crippen LogP contribution >= 0.6 is 0 Å². The number of aromatic nitrogens is 5. The monoisotopic (exact) mass is 300 g/mol. The zero-order valence-electron chi connectivity index (χ0n) is 13.1. The molecule has 1 aliphatic heterocycles. The second kappa shape index (κ2) is 5.82. The molecule has 0 spiro atoms. The largest absolute Gasteiger partial charge is 0.327 e. The zero-order valence-corrected chi connectivity index (χ0v) is 13.1. The number of hydrogen-bond donors (Lipinski definition) is 1. The molecule has 0 unspecified atom stereocenters. The first-order valence-corrected chi connectivity index (χ1v) is 7.56. The number of aryl methyl sites for hydroxylation is 3. The molecular formula is C15H20N6O. The Morgan fingerprint density at radius 3 is 2.68 bits per heavy atom. The van der Waals surface area contributed by atoms with Crippen LogP contribution in [-0.4, -0.2) is 42.5 Å². The van der Waals surface area contributed by atoms with Crippen LogP contribution in [0.2, 0.25) is 0 Å². The van der Waals surface area contributed by atoms with Crippen molar-refractivity contribution >= 4 is 5.91 Å². The number of carbonyl (C=O) groups is 1. The van der Waals surface area contributed by atoms with Crippen LogP contribution in [0, 0.1) is 20.8 Å². The predicted molar refractivity (Wildman–Crippen MR) is 80.3 cm³/mol. The lowest BCUT2D eigenvalue weighted by Gasteiger charge is -2.34. The van der Waals surface area contributed by atoms with E-state index in [0.717, 1.165) is 36.5 Å². The molecule has 3 heterocycles. The van der Waals surface area contributed by atoms with Crippen molar-refractivity contribution in [1.29, 1.82) is 0 Å². The van der Waals surface area contributed by atoms with Crippen molar-refractivity contribution in [2.45, 2.75) is 46.1 Å². The highest BCUT2D eigenvalue weighted by Crippen LogP contribution is 2.30. The fraction of sp³-hybridized carbons (Fsp3) is 0.533. The van der Waals surface area contributed by atoms with Gasteiger partial charge in [-0.15, -0.1) is 0 Å². The van der Waals surface area contributed by atoms with E-state index in [1.165, 1.54) is 6.33 Å². The maximum Gasteiger partial charge on any atom is 0.274 e. The van der Waals surface area contributed by atoms with Crippen molar-refractivity contribution in [2.75, 3.05) is 6.54 Å². The van der Waals surface area contributed by atoms with Gasteiger partial charge in [-0.05, 0) is 40.0 Å². The van der Waals surface area contributed by atoms with Gasteiger partial charge in [-0.3, -0.25) is 14.9 Å². The summed E-state index contributed by atoms with van der Waals surface area (Å²) in [6.07, 6.45) is 4.44. The van der Waals surface area contributed by atoms with Crippen LogP contribution in [0.5, 0.6) is 0 Å². The SMILES string of the molecule is Cc1nc(C)c(C(=O)N2CCCC[C@@H]2c2ncn[nH]2)nc1C. The summed E-state index contributed by atoms with van der Waals surface area (Å²) in [4.78, 5) is 27.9. The summed E-state index contributed by atoms with van der Waals surface area (Å²) in [7, 11) is 0. The van der Waals surface area contributed by atoms with Crippen molar-refractivity contribution in [3.8, 4) is 0 Å². The minimum Gasteiger partial charge on any atom is -0.327 e. The van der Waals surface area contributed by atoms with Crippen LogP contribution in [0.15, 0.2) is 6.33 Å². The summed E-state index contributed by atoms with van der Waals surface area (Å²) in [6.45, 7) is 6.32. The maximum absolute atomic E-state index is 13.0. The molecule has 0 aliphatic carbocycles. The molecule has 1 N–H and O–H groups in total. The summed E-state index contributed by atoms with van der Waals surface area (Å²) < 4.78 is 0. The van der Waals surface area contributed by atoms with Crippen LogP contribution in [0.25, 0.3) is 0 Å². The van der Waals surface area contributed by atoms with Gasteiger partial charge in [0.25, 0.3) is 5.91 Å². The van der Waals surface area contributed by atoms with Gasteiger partial charge in [-0.1, -0.05) is 0 Å². The number of nitrogens with one attached hydrogen (secondary N) is 1. The molecule has 0 aromatic carbocycles. The van der Waals surface area contributed by atoms with Gasteiger partial charge in [0.05, 0.1) is 23.1 Å².